The maximum atomic E-state index is 12.9. The molecular formula is C67H124O6. The minimum Gasteiger partial charge on any atom is -0.462 e. The normalized spacial score (nSPS) is 12.2. The van der Waals surface area contributed by atoms with Crippen LogP contribution in [-0.2, 0) is 28.6 Å². The topological polar surface area (TPSA) is 78.9 Å². The van der Waals surface area contributed by atoms with Crippen molar-refractivity contribution in [2.75, 3.05) is 13.2 Å². The van der Waals surface area contributed by atoms with Crippen LogP contribution in [0.5, 0.6) is 0 Å². The zero-order valence-corrected chi connectivity index (χ0v) is 49.2. The number of hydrogen-bond acceptors (Lipinski definition) is 6. The van der Waals surface area contributed by atoms with E-state index in [0.29, 0.717) is 19.3 Å². The lowest BCUT2D eigenvalue weighted by molar-refractivity contribution is -0.167. The first-order chi connectivity index (χ1) is 36.0. The molecule has 0 heterocycles. The van der Waals surface area contributed by atoms with Crippen molar-refractivity contribution in [3.8, 4) is 0 Å². The second kappa shape index (κ2) is 62.2. The molecule has 0 saturated heterocycles. The quantitative estimate of drug-likeness (QED) is 0.0261. The van der Waals surface area contributed by atoms with Gasteiger partial charge in [0.25, 0.3) is 0 Å². The number of carbonyl (C=O) groups excluding carboxylic acids is 3. The third-order valence-corrected chi connectivity index (χ3v) is 14.6. The summed E-state index contributed by atoms with van der Waals surface area (Å²) >= 11 is 0. The van der Waals surface area contributed by atoms with Crippen LogP contribution in [0.25, 0.3) is 0 Å². The molecule has 0 N–H and O–H groups in total. The molecule has 0 radical (unpaired) electrons. The van der Waals surface area contributed by atoms with Crippen LogP contribution >= 0.6 is 0 Å². The van der Waals surface area contributed by atoms with Gasteiger partial charge in [0.05, 0.1) is 0 Å². The SMILES string of the molecule is CCCCCCC/C=C\C/C=C\CCCCCCCCCCCCCCCC(=O)OCC(COC(=O)CCCCCCCCCCCCCCCC)OC(=O)CCCCCCC/C=C\CCCCCCCCC. The second-order valence-electron chi connectivity index (χ2n) is 22.0. The number of carbonyl (C=O) groups is 3. The molecule has 73 heavy (non-hydrogen) atoms. The molecule has 0 aliphatic rings. The Balaban J connectivity index is 4.26. The number of unbranched alkanes of at least 4 members (excludes halogenated alkanes) is 43. The Morgan fingerprint density at radius 1 is 0.274 bits per heavy atom. The van der Waals surface area contributed by atoms with E-state index in [2.05, 4.69) is 57.2 Å². The molecule has 0 aliphatic carbocycles. The fourth-order valence-corrected chi connectivity index (χ4v) is 9.71. The van der Waals surface area contributed by atoms with Crippen molar-refractivity contribution >= 4 is 17.9 Å². The van der Waals surface area contributed by atoms with Gasteiger partial charge in [0.2, 0.25) is 0 Å². The lowest BCUT2D eigenvalue weighted by atomic mass is 10.0. The van der Waals surface area contributed by atoms with Gasteiger partial charge in [0.15, 0.2) is 6.10 Å². The van der Waals surface area contributed by atoms with E-state index in [-0.39, 0.29) is 31.1 Å². The third kappa shape index (κ3) is 60.4. The average molecular weight is 1030 g/mol. The average Bonchev–Trinajstić information content (AvgIpc) is 3.39. The Kier molecular flexibility index (Phi) is 60.2. The molecule has 0 aliphatic heterocycles. The van der Waals surface area contributed by atoms with Crippen molar-refractivity contribution in [1.29, 1.82) is 0 Å². The van der Waals surface area contributed by atoms with E-state index in [1.165, 1.54) is 244 Å². The summed E-state index contributed by atoms with van der Waals surface area (Å²) in [5.41, 5.74) is 0. The molecule has 0 aromatic rings. The predicted octanol–water partition coefficient (Wildman–Crippen LogP) is 22.0. The Labute approximate surface area is 455 Å². The molecule has 0 saturated carbocycles. The van der Waals surface area contributed by atoms with Crippen LogP contribution in [0.2, 0.25) is 0 Å². The standard InChI is InChI=1S/C67H124O6/c1-4-7-10-13-16-19-22-25-28-30-31-32-33-34-35-36-37-38-40-42-45-48-51-54-57-60-66(69)72-63-64(62-71-65(68)59-56-53-50-47-44-41-27-24-21-18-15-12-9-6-3)73-67(70)61-58-55-52-49-46-43-39-29-26-23-20-17-14-11-8-5-2/h22,25,29-31,39,64H,4-21,23-24,26-28,32-38,40-63H2,1-3H3/b25-22-,31-30-,39-29-. The molecular weight excluding hydrogens is 901 g/mol. The van der Waals surface area contributed by atoms with Crippen LogP contribution in [0.4, 0.5) is 0 Å². The first kappa shape index (κ1) is 70.6. The van der Waals surface area contributed by atoms with Gasteiger partial charge in [-0.25, -0.2) is 0 Å². The largest absolute Gasteiger partial charge is 0.462 e. The molecule has 428 valence electrons. The van der Waals surface area contributed by atoms with Gasteiger partial charge >= 0.3 is 17.9 Å². The van der Waals surface area contributed by atoms with Gasteiger partial charge in [-0.15, -0.1) is 0 Å². The minimum atomic E-state index is -0.774. The third-order valence-electron chi connectivity index (χ3n) is 14.6. The van der Waals surface area contributed by atoms with Crippen molar-refractivity contribution in [3.63, 3.8) is 0 Å². The molecule has 0 aromatic carbocycles. The van der Waals surface area contributed by atoms with Crippen LogP contribution in [-0.4, -0.2) is 37.2 Å². The van der Waals surface area contributed by atoms with Gasteiger partial charge in [-0.1, -0.05) is 295 Å². The van der Waals surface area contributed by atoms with E-state index in [1.54, 1.807) is 0 Å². The lowest BCUT2D eigenvalue weighted by Gasteiger charge is -2.18. The summed E-state index contributed by atoms with van der Waals surface area (Å²) < 4.78 is 16.9. The number of allylic oxidation sites excluding steroid dienone is 6. The van der Waals surface area contributed by atoms with E-state index in [4.69, 9.17) is 14.2 Å². The molecule has 1 atom stereocenters. The lowest BCUT2D eigenvalue weighted by Crippen LogP contribution is -2.30. The molecule has 0 bridgehead atoms. The Morgan fingerprint density at radius 3 is 0.767 bits per heavy atom. The van der Waals surface area contributed by atoms with Crippen molar-refractivity contribution in [2.24, 2.45) is 0 Å². The molecule has 6 nitrogen and oxygen atoms in total. The van der Waals surface area contributed by atoms with E-state index in [1.807, 2.05) is 0 Å². The van der Waals surface area contributed by atoms with Crippen LogP contribution in [0.15, 0.2) is 36.5 Å². The van der Waals surface area contributed by atoms with Crippen LogP contribution < -0.4 is 0 Å². The van der Waals surface area contributed by atoms with E-state index in [0.717, 1.165) is 70.6 Å². The van der Waals surface area contributed by atoms with Gasteiger partial charge in [-0.05, 0) is 77.0 Å². The zero-order chi connectivity index (χ0) is 52.9. The summed E-state index contributed by atoms with van der Waals surface area (Å²) in [6.07, 6.45) is 75.8. The summed E-state index contributed by atoms with van der Waals surface area (Å²) in [5.74, 6) is -0.856. The van der Waals surface area contributed by atoms with Crippen molar-refractivity contribution in [1.82, 2.24) is 0 Å². The molecule has 0 aromatic heterocycles. The maximum absolute atomic E-state index is 12.9. The highest BCUT2D eigenvalue weighted by atomic mass is 16.6. The summed E-state index contributed by atoms with van der Waals surface area (Å²) in [4.78, 5) is 38.3. The fourth-order valence-electron chi connectivity index (χ4n) is 9.71. The van der Waals surface area contributed by atoms with E-state index < -0.39 is 6.10 Å². The highest BCUT2D eigenvalue weighted by molar-refractivity contribution is 5.71. The van der Waals surface area contributed by atoms with Crippen LogP contribution in [0, 0.1) is 0 Å². The van der Waals surface area contributed by atoms with Gasteiger partial charge in [-0.3, -0.25) is 14.4 Å². The van der Waals surface area contributed by atoms with Crippen molar-refractivity contribution in [2.45, 2.75) is 361 Å². The predicted molar refractivity (Wildman–Crippen MR) is 316 cm³/mol. The molecule has 0 rings (SSSR count). The Morgan fingerprint density at radius 2 is 0.493 bits per heavy atom. The number of esters is 3. The maximum Gasteiger partial charge on any atom is 0.306 e. The summed E-state index contributed by atoms with van der Waals surface area (Å²) in [5, 5.41) is 0. The van der Waals surface area contributed by atoms with Gasteiger partial charge in [0.1, 0.15) is 13.2 Å². The van der Waals surface area contributed by atoms with Gasteiger partial charge in [-0.2, -0.15) is 0 Å². The number of ether oxygens (including phenoxy) is 3. The number of hydrogen-bond donors (Lipinski definition) is 0. The van der Waals surface area contributed by atoms with Crippen LogP contribution in [0.3, 0.4) is 0 Å². The molecule has 6 heteroatoms. The van der Waals surface area contributed by atoms with Crippen LogP contribution in [0.1, 0.15) is 355 Å². The highest BCUT2D eigenvalue weighted by Gasteiger charge is 2.19. The zero-order valence-electron chi connectivity index (χ0n) is 49.2. The van der Waals surface area contributed by atoms with Crippen molar-refractivity contribution < 1.29 is 28.6 Å². The molecule has 0 amide bonds. The van der Waals surface area contributed by atoms with Crippen molar-refractivity contribution in [3.05, 3.63) is 36.5 Å². The van der Waals surface area contributed by atoms with E-state index >= 15 is 0 Å². The fraction of sp³-hybridized carbons (Fsp3) is 0.866. The Hall–Kier alpha value is -2.37. The van der Waals surface area contributed by atoms with Gasteiger partial charge < -0.3 is 14.2 Å². The second-order valence-corrected chi connectivity index (χ2v) is 22.0. The monoisotopic (exact) mass is 1020 g/mol. The summed E-state index contributed by atoms with van der Waals surface area (Å²) in [7, 11) is 0. The summed E-state index contributed by atoms with van der Waals surface area (Å²) in [6.45, 7) is 6.68. The Bertz CT molecular complexity index is 1220. The van der Waals surface area contributed by atoms with Gasteiger partial charge in [0, 0.05) is 19.3 Å². The molecule has 1 unspecified atom stereocenters. The first-order valence-electron chi connectivity index (χ1n) is 32.5. The van der Waals surface area contributed by atoms with E-state index in [9.17, 15) is 14.4 Å². The summed E-state index contributed by atoms with van der Waals surface area (Å²) in [6, 6.07) is 0. The highest BCUT2D eigenvalue weighted by Crippen LogP contribution is 2.17. The first-order valence-corrected chi connectivity index (χ1v) is 32.5. The molecule has 0 spiro atoms. The smallest absolute Gasteiger partial charge is 0.306 e. The molecule has 0 fully saturated rings. The number of rotatable bonds is 60. The minimum absolute atomic E-state index is 0.0709.